The monoisotopic (exact) mass is 227 g/mol. The Hall–Kier alpha value is -1.40. The van der Waals surface area contributed by atoms with Crippen molar-refractivity contribution in [1.29, 1.82) is 0 Å². The third-order valence-electron chi connectivity index (χ3n) is 1.78. The van der Waals surface area contributed by atoms with E-state index < -0.39 is 10.0 Å². The second-order valence-corrected chi connectivity index (χ2v) is 4.56. The number of hydrogen-bond donors (Lipinski definition) is 2. The molecule has 1 aromatic rings. The summed E-state index contributed by atoms with van der Waals surface area (Å²) in [4.78, 5) is 4.06. The molecule has 0 aliphatic heterocycles. The molecule has 0 saturated heterocycles. The molecular formula is C9H13N3O2S. The first-order chi connectivity index (χ1) is 6.93. The van der Waals surface area contributed by atoms with Crippen LogP contribution in [0.15, 0.2) is 34.2 Å². The maximum atomic E-state index is 11.0. The molecule has 82 valence electrons. The molecule has 0 aliphatic carbocycles. The van der Waals surface area contributed by atoms with E-state index in [1.54, 1.807) is 12.1 Å². The summed E-state index contributed by atoms with van der Waals surface area (Å²) in [5, 5.41) is 4.98. The van der Waals surface area contributed by atoms with Gasteiger partial charge < -0.3 is 5.73 Å². The van der Waals surface area contributed by atoms with Gasteiger partial charge in [0.25, 0.3) is 0 Å². The van der Waals surface area contributed by atoms with Crippen LogP contribution in [0, 0.1) is 0 Å². The van der Waals surface area contributed by atoms with Gasteiger partial charge in [0.05, 0.1) is 16.4 Å². The van der Waals surface area contributed by atoms with Crippen LogP contribution in [0.2, 0.25) is 0 Å². The quantitative estimate of drug-likeness (QED) is 0.588. The van der Waals surface area contributed by atoms with Gasteiger partial charge in [-0.15, -0.1) is 0 Å². The Morgan fingerprint density at radius 1 is 1.47 bits per heavy atom. The van der Waals surface area contributed by atoms with E-state index in [-0.39, 0.29) is 4.90 Å². The van der Waals surface area contributed by atoms with Crippen LogP contribution in [-0.4, -0.2) is 14.3 Å². The molecule has 0 saturated carbocycles. The first-order valence-corrected chi connectivity index (χ1v) is 5.94. The van der Waals surface area contributed by atoms with Crippen molar-refractivity contribution in [3.05, 3.63) is 24.3 Å². The van der Waals surface area contributed by atoms with Gasteiger partial charge in [-0.05, 0) is 18.2 Å². The molecule has 0 heterocycles. The van der Waals surface area contributed by atoms with Crippen molar-refractivity contribution in [2.75, 3.05) is 0 Å². The Bertz CT molecular complexity index is 480. The van der Waals surface area contributed by atoms with Crippen molar-refractivity contribution >= 4 is 21.5 Å². The van der Waals surface area contributed by atoms with Crippen molar-refractivity contribution < 1.29 is 8.42 Å². The SMILES string of the molecule is CCC(N)=Nc1cccc(S(N)(=O)=O)c1. The minimum Gasteiger partial charge on any atom is -0.387 e. The zero-order valence-electron chi connectivity index (χ0n) is 8.34. The maximum absolute atomic E-state index is 11.0. The molecule has 0 unspecified atom stereocenters. The molecular weight excluding hydrogens is 214 g/mol. The zero-order valence-corrected chi connectivity index (χ0v) is 9.16. The van der Waals surface area contributed by atoms with Crippen LogP contribution in [0.4, 0.5) is 5.69 Å². The fourth-order valence-electron chi connectivity index (χ4n) is 0.975. The van der Waals surface area contributed by atoms with Crippen LogP contribution >= 0.6 is 0 Å². The van der Waals surface area contributed by atoms with Gasteiger partial charge in [0.2, 0.25) is 10.0 Å². The molecule has 4 N–H and O–H groups in total. The highest BCUT2D eigenvalue weighted by atomic mass is 32.2. The van der Waals surface area contributed by atoms with Gasteiger partial charge in [-0.1, -0.05) is 13.0 Å². The maximum Gasteiger partial charge on any atom is 0.238 e. The highest BCUT2D eigenvalue weighted by molar-refractivity contribution is 7.89. The first kappa shape index (κ1) is 11.7. The number of sulfonamides is 1. The van der Waals surface area contributed by atoms with E-state index in [0.717, 1.165) is 0 Å². The van der Waals surface area contributed by atoms with Gasteiger partial charge in [0.1, 0.15) is 0 Å². The lowest BCUT2D eigenvalue weighted by molar-refractivity contribution is 0.598. The lowest BCUT2D eigenvalue weighted by Crippen LogP contribution is -2.12. The molecule has 0 amide bonds. The molecule has 15 heavy (non-hydrogen) atoms. The molecule has 1 aromatic carbocycles. The summed E-state index contributed by atoms with van der Waals surface area (Å²) in [7, 11) is -3.68. The van der Waals surface area contributed by atoms with E-state index >= 15 is 0 Å². The standard InChI is InChI=1S/C9H13N3O2S/c1-2-9(10)12-7-4-3-5-8(6-7)15(11,13)14/h3-6H,2H2,1H3,(H2,10,12)(H2,11,13,14). The Morgan fingerprint density at radius 2 is 2.13 bits per heavy atom. The van der Waals surface area contributed by atoms with Crippen LogP contribution in [0.5, 0.6) is 0 Å². The Balaban J connectivity index is 3.15. The normalized spacial score (nSPS) is 12.8. The highest BCUT2D eigenvalue weighted by Crippen LogP contribution is 2.16. The number of amidine groups is 1. The number of nitrogens with zero attached hydrogens (tertiary/aromatic N) is 1. The van der Waals surface area contributed by atoms with E-state index in [4.69, 9.17) is 10.9 Å². The van der Waals surface area contributed by atoms with Gasteiger partial charge in [-0.2, -0.15) is 0 Å². The predicted molar refractivity (Wildman–Crippen MR) is 59.4 cm³/mol. The smallest absolute Gasteiger partial charge is 0.238 e. The average Bonchev–Trinajstić information content (AvgIpc) is 2.17. The summed E-state index contributed by atoms with van der Waals surface area (Å²) in [5.74, 6) is 0.446. The molecule has 1 rings (SSSR count). The molecule has 6 heteroatoms. The average molecular weight is 227 g/mol. The molecule has 0 fully saturated rings. The fourth-order valence-corrected chi connectivity index (χ4v) is 1.53. The zero-order chi connectivity index (χ0) is 11.5. The molecule has 0 bridgehead atoms. The van der Waals surface area contributed by atoms with Crippen molar-refractivity contribution in [1.82, 2.24) is 0 Å². The predicted octanol–water partition coefficient (Wildman–Crippen LogP) is 0.733. The Kier molecular flexibility index (Phi) is 3.43. The third-order valence-corrected chi connectivity index (χ3v) is 2.69. The van der Waals surface area contributed by atoms with Gasteiger partial charge in [0.15, 0.2) is 0 Å². The fraction of sp³-hybridized carbons (Fsp3) is 0.222. The number of rotatable bonds is 3. The van der Waals surface area contributed by atoms with Gasteiger partial charge in [-0.3, -0.25) is 0 Å². The topological polar surface area (TPSA) is 98.5 Å². The van der Waals surface area contributed by atoms with Crippen LogP contribution in [-0.2, 0) is 10.0 Å². The van der Waals surface area contributed by atoms with Crippen molar-refractivity contribution in [2.24, 2.45) is 15.9 Å². The number of benzene rings is 1. The number of primary sulfonamides is 1. The van der Waals surface area contributed by atoms with Gasteiger partial charge in [0, 0.05) is 6.42 Å². The Labute approximate surface area is 88.9 Å². The molecule has 0 aromatic heterocycles. The summed E-state index contributed by atoms with van der Waals surface area (Å²) < 4.78 is 22.1. The van der Waals surface area contributed by atoms with Crippen LogP contribution in [0.1, 0.15) is 13.3 Å². The highest BCUT2D eigenvalue weighted by Gasteiger charge is 2.07. The first-order valence-electron chi connectivity index (χ1n) is 4.39. The van der Waals surface area contributed by atoms with Crippen LogP contribution < -0.4 is 10.9 Å². The number of aliphatic imine (C=N–C) groups is 1. The number of hydrogen-bond acceptors (Lipinski definition) is 3. The summed E-state index contributed by atoms with van der Waals surface area (Å²) in [6.45, 7) is 1.86. The van der Waals surface area contributed by atoms with Crippen molar-refractivity contribution in [2.45, 2.75) is 18.2 Å². The second-order valence-electron chi connectivity index (χ2n) is 3.00. The minimum atomic E-state index is -3.68. The van der Waals surface area contributed by atoms with Crippen LogP contribution in [0.25, 0.3) is 0 Å². The largest absolute Gasteiger partial charge is 0.387 e. The van der Waals surface area contributed by atoms with Gasteiger partial charge in [-0.25, -0.2) is 18.5 Å². The van der Waals surface area contributed by atoms with E-state index in [9.17, 15) is 8.42 Å². The van der Waals surface area contributed by atoms with E-state index in [2.05, 4.69) is 4.99 Å². The summed E-state index contributed by atoms with van der Waals surface area (Å²) in [5.41, 5.74) is 6.02. The molecule has 0 atom stereocenters. The van der Waals surface area contributed by atoms with Crippen molar-refractivity contribution in [3.63, 3.8) is 0 Å². The van der Waals surface area contributed by atoms with Crippen molar-refractivity contribution in [3.8, 4) is 0 Å². The van der Waals surface area contributed by atoms with Crippen LogP contribution in [0.3, 0.4) is 0 Å². The van der Waals surface area contributed by atoms with E-state index in [0.29, 0.717) is 17.9 Å². The summed E-state index contributed by atoms with van der Waals surface area (Å²) >= 11 is 0. The number of nitrogens with two attached hydrogens (primary N) is 2. The van der Waals surface area contributed by atoms with E-state index in [1.807, 2.05) is 6.92 Å². The minimum absolute atomic E-state index is 0.0349. The molecule has 0 aliphatic rings. The third kappa shape index (κ3) is 3.34. The molecule has 5 nitrogen and oxygen atoms in total. The Morgan fingerprint density at radius 3 is 2.67 bits per heavy atom. The summed E-state index contributed by atoms with van der Waals surface area (Å²) in [6, 6.07) is 6.03. The van der Waals surface area contributed by atoms with E-state index in [1.165, 1.54) is 12.1 Å². The lowest BCUT2D eigenvalue weighted by Gasteiger charge is -2.00. The molecule has 0 radical (unpaired) electrons. The van der Waals surface area contributed by atoms with Gasteiger partial charge >= 0.3 is 0 Å². The lowest BCUT2D eigenvalue weighted by atomic mass is 10.3. The summed E-state index contributed by atoms with van der Waals surface area (Å²) in [6.07, 6.45) is 0.611. The molecule has 0 spiro atoms. The second kappa shape index (κ2) is 4.41.